The average Bonchev–Trinajstić information content (AvgIpc) is 3.28. The number of piperidine rings is 1. The second kappa shape index (κ2) is 8.84. The second-order valence-corrected chi connectivity index (χ2v) is 8.93. The Morgan fingerprint density at radius 3 is 2.73 bits per heavy atom. The Bertz CT molecular complexity index is 1250. The van der Waals surface area contributed by atoms with E-state index in [4.69, 9.17) is 4.98 Å². The number of hydrogen-bond donors (Lipinski definition) is 1. The molecule has 0 aliphatic carbocycles. The maximum absolute atomic E-state index is 13.3. The molecule has 1 fully saturated rings. The molecule has 5 rings (SSSR count). The topological polar surface area (TPSA) is 90.8 Å². The Morgan fingerprint density at radius 1 is 1.12 bits per heavy atom. The summed E-state index contributed by atoms with van der Waals surface area (Å²) in [6, 6.07) is 11.6. The summed E-state index contributed by atoms with van der Waals surface area (Å²) in [6.07, 6.45) is 4.23. The number of amides is 2. The van der Waals surface area contributed by atoms with Crippen molar-refractivity contribution in [2.24, 2.45) is 0 Å². The van der Waals surface area contributed by atoms with Crippen molar-refractivity contribution >= 4 is 17.5 Å². The largest absolute Gasteiger partial charge is 0.338 e. The summed E-state index contributed by atoms with van der Waals surface area (Å²) in [6.45, 7) is 3.43. The normalized spacial score (nSPS) is 18.4. The number of nitrogens with one attached hydrogen (secondary N) is 1. The molecule has 8 nitrogen and oxygen atoms in total. The molecule has 8 heteroatoms. The molecule has 0 spiro atoms. The lowest BCUT2D eigenvalue weighted by Gasteiger charge is -2.35. The highest BCUT2D eigenvalue weighted by atomic mass is 16.2. The minimum Gasteiger partial charge on any atom is -0.338 e. The number of likely N-dealkylation sites (tertiary alicyclic amines) is 1. The maximum Gasteiger partial charge on any atom is 0.277 e. The van der Waals surface area contributed by atoms with E-state index in [2.05, 4.69) is 5.10 Å². The molecule has 0 bridgehead atoms. The van der Waals surface area contributed by atoms with Gasteiger partial charge in [-0.1, -0.05) is 37.3 Å². The fourth-order valence-electron chi connectivity index (χ4n) is 5.03. The van der Waals surface area contributed by atoms with Crippen LogP contribution in [0.2, 0.25) is 0 Å². The molecule has 0 radical (unpaired) electrons. The first-order chi connectivity index (χ1) is 16.0. The van der Waals surface area contributed by atoms with Gasteiger partial charge in [0, 0.05) is 32.0 Å². The molecule has 1 aromatic carbocycles. The van der Waals surface area contributed by atoms with E-state index < -0.39 is 0 Å². The standard InChI is InChI=1S/C25H29N5O3/c1-2-23(31)28-13-11-19-18(16-28)25(33)30-22(26-19)15-20(27-30)21-10-6-7-12-29(21)24(32)14-17-8-4-3-5-9-17/h3-5,8-9,15,21,27H,2,6-7,10-14,16H2,1H3. The van der Waals surface area contributed by atoms with Gasteiger partial charge < -0.3 is 9.80 Å². The van der Waals surface area contributed by atoms with E-state index in [0.29, 0.717) is 50.1 Å². The molecule has 2 amide bonds. The first-order valence-corrected chi connectivity index (χ1v) is 11.8. The summed E-state index contributed by atoms with van der Waals surface area (Å²) in [5, 5.41) is 3.23. The Hall–Kier alpha value is -3.42. The number of carbonyl (C=O) groups excluding carboxylic acids is 2. The van der Waals surface area contributed by atoms with Crippen molar-refractivity contribution in [3.8, 4) is 0 Å². The predicted molar refractivity (Wildman–Crippen MR) is 124 cm³/mol. The van der Waals surface area contributed by atoms with Crippen LogP contribution in [0.1, 0.15) is 61.2 Å². The first-order valence-electron chi connectivity index (χ1n) is 11.8. The third-order valence-corrected chi connectivity index (χ3v) is 6.82. The third kappa shape index (κ3) is 4.05. The quantitative estimate of drug-likeness (QED) is 0.666. The molecule has 33 heavy (non-hydrogen) atoms. The Kier molecular flexibility index (Phi) is 5.74. The summed E-state index contributed by atoms with van der Waals surface area (Å²) < 4.78 is 1.47. The fourth-order valence-corrected chi connectivity index (χ4v) is 5.03. The Labute approximate surface area is 192 Å². The zero-order valence-electron chi connectivity index (χ0n) is 18.9. The third-order valence-electron chi connectivity index (χ3n) is 6.82. The van der Waals surface area contributed by atoms with Crippen molar-refractivity contribution in [3.05, 3.63) is 69.3 Å². The SMILES string of the molecule is CCC(=O)N1CCc2nc3cc(C4CCCCN4C(=O)Cc4ccccc4)[nH]n3c(=O)c2C1. The molecule has 2 aliphatic rings. The van der Waals surface area contributed by atoms with Gasteiger partial charge in [-0.25, -0.2) is 9.50 Å². The number of fused-ring (bicyclic) bond motifs is 2. The van der Waals surface area contributed by atoms with Crippen LogP contribution in [-0.2, 0) is 29.0 Å². The molecular formula is C25H29N5O3. The highest BCUT2D eigenvalue weighted by Crippen LogP contribution is 2.31. The smallest absolute Gasteiger partial charge is 0.277 e. The number of carbonyl (C=O) groups is 2. The molecule has 1 saturated heterocycles. The zero-order valence-corrected chi connectivity index (χ0v) is 18.9. The van der Waals surface area contributed by atoms with Gasteiger partial charge in [-0.05, 0) is 24.8 Å². The van der Waals surface area contributed by atoms with E-state index >= 15 is 0 Å². The van der Waals surface area contributed by atoms with Crippen molar-refractivity contribution in [3.63, 3.8) is 0 Å². The Balaban J connectivity index is 1.45. The average molecular weight is 448 g/mol. The van der Waals surface area contributed by atoms with Gasteiger partial charge in [-0.2, -0.15) is 0 Å². The molecule has 4 heterocycles. The van der Waals surface area contributed by atoms with Gasteiger partial charge in [0.25, 0.3) is 5.56 Å². The molecule has 3 aromatic rings. The number of benzene rings is 1. The van der Waals surface area contributed by atoms with Crippen molar-refractivity contribution in [1.29, 1.82) is 0 Å². The van der Waals surface area contributed by atoms with Gasteiger partial charge in [-0.15, -0.1) is 0 Å². The molecular weight excluding hydrogens is 418 g/mol. The van der Waals surface area contributed by atoms with E-state index in [9.17, 15) is 14.4 Å². The van der Waals surface area contributed by atoms with Crippen molar-refractivity contribution in [2.45, 2.75) is 58.0 Å². The number of H-pyrrole nitrogens is 1. The van der Waals surface area contributed by atoms with Crippen molar-refractivity contribution in [2.75, 3.05) is 13.1 Å². The van der Waals surface area contributed by atoms with Crippen LogP contribution in [0.3, 0.4) is 0 Å². The number of nitrogens with zero attached hydrogens (tertiary/aromatic N) is 4. The van der Waals surface area contributed by atoms with Crippen molar-refractivity contribution in [1.82, 2.24) is 24.4 Å². The lowest BCUT2D eigenvalue weighted by Crippen LogP contribution is -2.40. The lowest BCUT2D eigenvalue weighted by molar-refractivity contribution is -0.134. The first kappa shape index (κ1) is 21.4. The summed E-state index contributed by atoms with van der Waals surface area (Å²) in [4.78, 5) is 47.0. The molecule has 2 aliphatic heterocycles. The highest BCUT2D eigenvalue weighted by Gasteiger charge is 2.30. The van der Waals surface area contributed by atoms with Crippen LogP contribution in [0.4, 0.5) is 0 Å². The van der Waals surface area contributed by atoms with Crippen LogP contribution >= 0.6 is 0 Å². The van der Waals surface area contributed by atoms with Crippen LogP contribution in [0.25, 0.3) is 5.65 Å². The van der Waals surface area contributed by atoms with Crippen LogP contribution in [0.5, 0.6) is 0 Å². The molecule has 172 valence electrons. The van der Waals surface area contributed by atoms with Gasteiger partial charge in [-0.3, -0.25) is 19.5 Å². The zero-order chi connectivity index (χ0) is 22.9. The monoisotopic (exact) mass is 447 g/mol. The van der Waals surface area contributed by atoms with E-state index in [-0.39, 0.29) is 23.4 Å². The van der Waals surface area contributed by atoms with Crippen molar-refractivity contribution < 1.29 is 9.59 Å². The maximum atomic E-state index is 13.3. The van der Waals surface area contributed by atoms with E-state index in [1.165, 1.54) is 4.52 Å². The summed E-state index contributed by atoms with van der Waals surface area (Å²) in [5.74, 6) is 0.143. The Morgan fingerprint density at radius 2 is 1.94 bits per heavy atom. The minimum absolute atomic E-state index is 0.0482. The van der Waals surface area contributed by atoms with Gasteiger partial charge in [0.1, 0.15) is 0 Å². The lowest BCUT2D eigenvalue weighted by atomic mass is 9.98. The van der Waals surface area contributed by atoms with Crippen LogP contribution in [-0.4, -0.2) is 49.3 Å². The minimum atomic E-state index is -0.159. The molecule has 0 saturated carbocycles. The summed E-state index contributed by atoms with van der Waals surface area (Å²) in [7, 11) is 0. The van der Waals surface area contributed by atoms with E-state index in [0.717, 1.165) is 36.2 Å². The molecule has 2 aromatic heterocycles. The number of aromatic amines is 1. The molecule has 1 atom stereocenters. The number of rotatable bonds is 4. The second-order valence-electron chi connectivity index (χ2n) is 8.93. The van der Waals surface area contributed by atoms with Gasteiger partial charge in [0.05, 0.1) is 36.0 Å². The highest BCUT2D eigenvalue weighted by molar-refractivity contribution is 5.79. The fraction of sp³-hybridized carbons (Fsp3) is 0.440. The predicted octanol–water partition coefficient (Wildman–Crippen LogP) is 2.61. The van der Waals surface area contributed by atoms with E-state index in [1.807, 2.05) is 48.2 Å². The van der Waals surface area contributed by atoms with Crippen LogP contribution in [0, 0.1) is 0 Å². The molecule has 1 unspecified atom stereocenters. The van der Waals surface area contributed by atoms with Crippen LogP contribution < -0.4 is 5.56 Å². The van der Waals surface area contributed by atoms with Gasteiger partial charge in [0.2, 0.25) is 11.8 Å². The van der Waals surface area contributed by atoms with Gasteiger partial charge >= 0.3 is 0 Å². The van der Waals surface area contributed by atoms with E-state index in [1.54, 1.807) is 4.90 Å². The molecule has 1 N–H and O–H groups in total. The number of hydrogen-bond acceptors (Lipinski definition) is 4. The van der Waals surface area contributed by atoms with Crippen LogP contribution in [0.15, 0.2) is 41.2 Å². The summed E-state index contributed by atoms with van der Waals surface area (Å²) in [5.41, 5.74) is 3.60. The van der Waals surface area contributed by atoms with Gasteiger partial charge in [0.15, 0.2) is 5.65 Å². The number of aromatic nitrogens is 3. The summed E-state index contributed by atoms with van der Waals surface area (Å²) >= 11 is 0.